The predicted molar refractivity (Wildman–Crippen MR) is 156 cm³/mol. The number of hydrogen-bond donors (Lipinski definition) is 1. The van der Waals surface area contributed by atoms with E-state index in [9.17, 15) is 4.79 Å². The lowest BCUT2D eigenvalue weighted by atomic mass is 10.1. The number of carbonyl (C=O) groups is 1. The molecule has 7 nitrogen and oxygen atoms in total. The van der Waals surface area contributed by atoms with Crippen LogP contribution in [0.3, 0.4) is 0 Å². The standard InChI is InChI=1S/C29H36N6OSi/c1-8-30-28-26(21(3)19-31-28)22(4)33(9-2)20-25-32-34-17-15-23(16-18-37(5,6)7)27(34)29(36)35(25)24-13-11-10-12-14-24/h8,10-14,19,31H,4,9,15,17,20H2,1-3,5-7H3. The smallest absolute Gasteiger partial charge is 0.283 e. The summed E-state index contributed by atoms with van der Waals surface area (Å²) in [6.45, 7) is 18.8. The van der Waals surface area contributed by atoms with Crippen LogP contribution in [-0.2, 0) is 4.79 Å². The van der Waals surface area contributed by atoms with E-state index in [4.69, 9.17) is 5.10 Å². The van der Waals surface area contributed by atoms with E-state index in [0.717, 1.165) is 40.3 Å². The van der Waals surface area contributed by atoms with E-state index in [-0.39, 0.29) is 5.91 Å². The summed E-state index contributed by atoms with van der Waals surface area (Å²) in [5.41, 5.74) is 8.59. The van der Waals surface area contributed by atoms with E-state index < -0.39 is 8.07 Å². The molecular weight excluding hydrogens is 476 g/mol. The van der Waals surface area contributed by atoms with Gasteiger partial charge in [-0.3, -0.25) is 14.7 Å². The molecule has 2 aliphatic heterocycles. The first kappa shape index (κ1) is 26.2. The van der Waals surface area contributed by atoms with Crippen LogP contribution in [0.2, 0.25) is 19.6 Å². The van der Waals surface area contributed by atoms with E-state index in [1.54, 1.807) is 11.1 Å². The van der Waals surface area contributed by atoms with Crippen molar-refractivity contribution in [3.63, 3.8) is 0 Å². The number of aliphatic imine (C=N–C) groups is 1. The topological polar surface area (TPSA) is 67.3 Å². The number of hydrogen-bond acceptors (Lipinski definition) is 5. The molecule has 1 N–H and O–H groups in total. The van der Waals surface area contributed by atoms with Gasteiger partial charge in [0, 0.05) is 48.8 Å². The fourth-order valence-corrected chi connectivity index (χ4v) is 5.04. The summed E-state index contributed by atoms with van der Waals surface area (Å²) < 4.78 is 0. The molecule has 8 heteroatoms. The average Bonchev–Trinajstić information content (AvgIpc) is 3.44. The Morgan fingerprint density at radius 1 is 1.30 bits per heavy atom. The third-order valence-electron chi connectivity index (χ3n) is 6.32. The lowest BCUT2D eigenvalue weighted by molar-refractivity contribution is -0.116. The van der Waals surface area contributed by atoms with Gasteiger partial charge in [0.2, 0.25) is 0 Å². The number of benzene rings is 1. The monoisotopic (exact) mass is 512 g/mol. The molecule has 0 radical (unpaired) electrons. The summed E-state index contributed by atoms with van der Waals surface area (Å²) in [5, 5.41) is 6.84. The van der Waals surface area contributed by atoms with Crippen molar-refractivity contribution < 1.29 is 4.79 Å². The van der Waals surface area contributed by atoms with Gasteiger partial charge < -0.3 is 9.88 Å². The average molecular weight is 513 g/mol. The molecule has 0 atom stereocenters. The Balaban J connectivity index is 1.75. The van der Waals surface area contributed by atoms with Gasteiger partial charge in [-0.2, -0.15) is 5.10 Å². The third kappa shape index (κ3) is 5.47. The van der Waals surface area contributed by atoms with Gasteiger partial charge in [0.25, 0.3) is 5.91 Å². The number of fused-ring (bicyclic) bond motifs is 1. The van der Waals surface area contributed by atoms with Crippen molar-refractivity contribution in [3.05, 3.63) is 65.5 Å². The van der Waals surface area contributed by atoms with Crippen LogP contribution in [0.1, 0.15) is 31.4 Å². The van der Waals surface area contributed by atoms with Crippen LogP contribution in [0.15, 0.2) is 64.5 Å². The summed E-state index contributed by atoms with van der Waals surface area (Å²) >= 11 is 0. The molecule has 0 fully saturated rings. The quantitative estimate of drug-likeness (QED) is 0.301. The first-order valence-electron chi connectivity index (χ1n) is 12.8. The lowest BCUT2D eigenvalue weighted by Crippen LogP contribution is -2.50. The van der Waals surface area contributed by atoms with Crippen molar-refractivity contribution in [2.24, 2.45) is 10.1 Å². The summed E-state index contributed by atoms with van der Waals surface area (Å²) in [6, 6.07) is 9.72. The number of hydrazone groups is 1. The van der Waals surface area contributed by atoms with E-state index in [2.05, 4.69) is 59.5 Å². The molecule has 0 unspecified atom stereocenters. The molecule has 4 rings (SSSR count). The second-order valence-electron chi connectivity index (χ2n) is 10.2. The maximum atomic E-state index is 14.0. The molecule has 0 spiro atoms. The molecule has 0 saturated carbocycles. The number of anilines is 1. The van der Waals surface area contributed by atoms with Crippen LogP contribution in [0.5, 0.6) is 0 Å². The van der Waals surface area contributed by atoms with Gasteiger partial charge >= 0.3 is 0 Å². The van der Waals surface area contributed by atoms with E-state index in [1.165, 1.54) is 0 Å². The zero-order chi connectivity index (χ0) is 26.7. The van der Waals surface area contributed by atoms with Gasteiger partial charge in [0.05, 0.1) is 12.2 Å². The Morgan fingerprint density at radius 3 is 2.68 bits per heavy atom. The van der Waals surface area contributed by atoms with E-state index in [1.807, 2.05) is 55.4 Å². The van der Waals surface area contributed by atoms with Gasteiger partial charge in [0.1, 0.15) is 19.6 Å². The highest BCUT2D eigenvalue weighted by Gasteiger charge is 2.39. The molecular formula is C29H36N6OSi. The summed E-state index contributed by atoms with van der Waals surface area (Å²) in [7, 11) is -1.58. The van der Waals surface area contributed by atoms with Crippen molar-refractivity contribution in [1.29, 1.82) is 0 Å². The van der Waals surface area contributed by atoms with Gasteiger partial charge in [0.15, 0.2) is 5.84 Å². The number of H-pyrrole nitrogens is 1. The van der Waals surface area contributed by atoms with Gasteiger partial charge in [-0.1, -0.05) is 50.3 Å². The number of nitrogens with zero attached hydrogens (tertiary/aromatic N) is 5. The highest BCUT2D eigenvalue weighted by atomic mass is 28.3. The number of rotatable bonds is 7. The van der Waals surface area contributed by atoms with Gasteiger partial charge in [-0.05, 0) is 38.5 Å². The number of para-hydroxylation sites is 1. The molecule has 2 aliphatic rings. The second kappa shape index (κ2) is 10.6. The summed E-state index contributed by atoms with van der Waals surface area (Å²) in [6.07, 6.45) is 4.44. The fourth-order valence-electron chi connectivity index (χ4n) is 4.51. The summed E-state index contributed by atoms with van der Waals surface area (Å²) in [5.74, 6) is 4.70. The molecule has 2 aromatic rings. The SMILES string of the molecule is C=C(c1c(C)c[nH]c1N=CC)N(CC)CC1=NN2CCC(C#C[Si](C)(C)C)=C2C(=O)N1c1ccccc1. The number of carbonyl (C=O) groups excluding carboxylic acids is 1. The normalized spacial score (nSPS) is 15.6. The van der Waals surface area contributed by atoms with E-state index in [0.29, 0.717) is 31.2 Å². The molecule has 0 saturated heterocycles. The zero-order valence-electron chi connectivity index (χ0n) is 22.7. The third-order valence-corrected chi connectivity index (χ3v) is 7.19. The molecule has 0 bridgehead atoms. The van der Waals surface area contributed by atoms with E-state index >= 15 is 0 Å². The lowest BCUT2D eigenvalue weighted by Gasteiger charge is -2.36. The number of likely N-dealkylation sites (N-methyl/N-ethyl adjacent to an activating group) is 1. The highest BCUT2D eigenvalue weighted by molar-refractivity contribution is 6.83. The Labute approximate surface area is 221 Å². The largest absolute Gasteiger partial charge is 0.364 e. The number of amidine groups is 1. The van der Waals surface area contributed by atoms with Crippen LogP contribution in [0, 0.1) is 18.4 Å². The van der Waals surface area contributed by atoms with Crippen molar-refractivity contribution >= 4 is 43.2 Å². The molecule has 3 heterocycles. The first-order valence-corrected chi connectivity index (χ1v) is 16.3. The minimum Gasteiger partial charge on any atom is -0.364 e. The zero-order valence-corrected chi connectivity index (χ0v) is 23.7. The molecule has 37 heavy (non-hydrogen) atoms. The van der Waals surface area contributed by atoms with Crippen molar-refractivity contribution in [3.8, 4) is 11.5 Å². The maximum absolute atomic E-state index is 14.0. The van der Waals surface area contributed by atoms with Crippen LogP contribution in [0.25, 0.3) is 5.70 Å². The minimum atomic E-state index is -1.58. The van der Waals surface area contributed by atoms with Crippen molar-refractivity contribution in [2.75, 3.05) is 24.5 Å². The number of aryl methyl sites for hydroxylation is 1. The van der Waals surface area contributed by atoms with Crippen LogP contribution >= 0.6 is 0 Å². The molecule has 1 amide bonds. The highest BCUT2D eigenvalue weighted by Crippen LogP contribution is 2.33. The Morgan fingerprint density at radius 2 is 2.03 bits per heavy atom. The first-order chi connectivity index (χ1) is 17.6. The molecule has 1 aromatic carbocycles. The number of aromatic amines is 1. The van der Waals surface area contributed by atoms with Crippen LogP contribution < -0.4 is 4.90 Å². The summed E-state index contributed by atoms with van der Waals surface area (Å²) in [4.78, 5) is 25.6. The molecule has 1 aromatic heterocycles. The Kier molecular flexibility index (Phi) is 7.55. The maximum Gasteiger partial charge on any atom is 0.283 e. The number of aromatic nitrogens is 1. The van der Waals surface area contributed by atoms with Crippen molar-refractivity contribution in [1.82, 2.24) is 14.9 Å². The molecule has 0 aliphatic carbocycles. The Bertz CT molecular complexity index is 1350. The van der Waals surface area contributed by atoms with Gasteiger partial charge in [-0.15, -0.1) is 5.54 Å². The number of nitrogens with one attached hydrogen (secondary N) is 1. The molecule has 192 valence electrons. The predicted octanol–water partition coefficient (Wildman–Crippen LogP) is 5.54. The number of amides is 1. The Hall–Kier alpha value is -3.83. The van der Waals surface area contributed by atoms with Crippen LogP contribution in [0.4, 0.5) is 11.5 Å². The fraction of sp³-hybridized carbons (Fsp3) is 0.345. The van der Waals surface area contributed by atoms with Gasteiger partial charge in [-0.25, -0.2) is 4.99 Å². The van der Waals surface area contributed by atoms with Crippen LogP contribution in [-0.4, -0.2) is 60.6 Å². The minimum absolute atomic E-state index is 0.0793. The van der Waals surface area contributed by atoms with Crippen molar-refractivity contribution in [2.45, 2.75) is 46.8 Å². The second-order valence-corrected chi connectivity index (χ2v) is 15.0.